The maximum absolute atomic E-state index is 5.83. The molecule has 20 heavy (non-hydrogen) atoms. The van der Waals surface area contributed by atoms with Gasteiger partial charge in [-0.25, -0.2) is 0 Å². The molecule has 2 aromatic carbocycles. The summed E-state index contributed by atoms with van der Waals surface area (Å²) in [4.78, 5) is 0. The first-order valence-corrected chi connectivity index (χ1v) is 7.59. The number of hydrogen-bond acceptors (Lipinski definition) is 2. The van der Waals surface area contributed by atoms with E-state index in [4.69, 9.17) is 4.74 Å². The molecule has 1 N–H and O–H groups in total. The van der Waals surface area contributed by atoms with Crippen molar-refractivity contribution in [2.45, 2.75) is 33.4 Å². The average molecular weight is 334 g/mol. The van der Waals surface area contributed by atoms with Crippen molar-refractivity contribution in [2.24, 2.45) is 0 Å². The monoisotopic (exact) mass is 333 g/mol. The molecule has 3 heteroatoms. The van der Waals surface area contributed by atoms with Gasteiger partial charge in [0.05, 0.1) is 6.10 Å². The fraction of sp³-hybridized carbons (Fsp3) is 0.294. The minimum Gasteiger partial charge on any atom is -0.491 e. The van der Waals surface area contributed by atoms with Crippen molar-refractivity contribution in [2.75, 3.05) is 5.32 Å². The Morgan fingerprint density at radius 2 is 1.90 bits per heavy atom. The highest BCUT2D eigenvalue weighted by Gasteiger charge is 2.05. The zero-order chi connectivity index (χ0) is 14.5. The highest BCUT2D eigenvalue weighted by Crippen LogP contribution is 2.23. The van der Waals surface area contributed by atoms with Gasteiger partial charge in [0.1, 0.15) is 5.75 Å². The standard InChI is InChI=1S/C17H20BrNO/c1-12(2)20-17-7-5-4-6-14(17)11-19-16-9-13(3)8-15(18)10-16/h4-10,12,19H,11H2,1-3H3. The number of rotatable bonds is 5. The van der Waals surface area contributed by atoms with Gasteiger partial charge >= 0.3 is 0 Å². The van der Waals surface area contributed by atoms with E-state index in [1.54, 1.807) is 0 Å². The summed E-state index contributed by atoms with van der Waals surface area (Å²) in [6.45, 7) is 6.92. The van der Waals surface area contributed by atoms with Gasteiger partial charge in [-0.1, -0.05) is 34.1 Å². The van der Waals surface area contributed by atoms with Crippen molar-refractivity contribution in [3.8, 4) is 5.75 Å². The van der Waals surface area contributed by atoms with Gasteiger partial charge in [-0.3, -0.25) is 0 Å². The van der Waals surface area contributed by atoms with E-state index in [1.807, 2.05) is 32.0 Å². The Morgan fingerprint density at radius 3 is 2.60 bits per heavy atom. The lowest BCUT2D eigenvalue weighted by molar-refractivity contribution is 0.240. The Balaban J connectivity index is 2.10. The van der Waals surface area contributed by atoms with Gasteiger partial charge < -0.3 is 10.1 Å². The summed E-state index contributed by atoms with van der Waals surface area (Å²) < 4.78 is 6.92. The van der Waals surface area contributed by atoms with Crippen LogP contribution in [0, 0.1) is 6.92 Å². The molecule has 0 unspecified atom stereocenters. The lowest BCUT2D eigenvalue weighted by Crippen LogP contribution is -2.09. The van der Waals surface area contributed by atoms with Crippen LogP contribution in [0.15, 0.2) is 46.9 Å². The summed E-state index contributed by atoms with van der Waals surface area (Å²) in [5.74, 6) is 0.946. The molecule has 0 spiro atoms. The summed E-state index contributed by atoms with van der Waals surface area (Å²) in [6.07, 6.45) is 0.185. The van der Waals surface area contributed by atoms with Crippen molar-refractivity contribution >= 4 is 21.6 Å². The molecule has 0 fully saturated rings. The maximum atomic E-state index is 5.83. The zero-order valence-electron chi connectivity index (χ0n) is 12.1. The largest absolute Gasteiger partial charge is 0.491 e. The number of nitrogens with one attached hydrogen (secondary N) is 1. The molecule has 0 aliphatic heterocycles. The zero-order valence-corrected chi connectivity index (χ0v) is 13.7. The van der Waals surface area contributed by atoms with Gasteiger partial charge in [0.25, 0.3) is 0 Å². The average Bonchev–Trinajstić information content (AvgIpc) is 2.36. The van der Waals surface area contributed by atoms with Crippen LogP contribution in [0.4, 0.5) is 5.69 Å². The summed E-state index contributed by atoms with van der Waals surface area (Å²) in [5, 5.41) is 3.45. The van der Waals surface area contributed by atoms with Crippen LogP contribution in [0.3, 0.4) is 0 Å². The van der Waals surface area contributed by atoms with Gasteiger partial charge in [-0.2, -0.15) is 0 Å². The molecule has 0 bridgehead atoms. The van der Waals surface area contributed by atoms with Gasteiger partial charge in [0.15, 0.2) is 0 Å². The van der Waals surface area contributed by atoms with E-state index in [2.05, 4.69) is 52.4 Å². The summed E-state index contributed by atoms with van der Waals surface area (Å²) in [7, 11) is 0. The second-order valence-corrected chi connectivity index (χ2v) is 6.06. The van der Waals surface area contributed by atoms with E-state index in [1.165, 1.54) is 11.1 Å². The fourth-order valence-electron chi connectivity index (χ4n) is 2.05. The van der Waals surface area contributed by atoms with E-state index in [0.29, 0.717) is 0 Å². The molecule has 0 atom stereocenters. The summed E-state index contributed by atoms with van der Waals surface area (Å²) in [5.41, 5.74) is 3.50. The first-order chi connectivity index (χ1) is 9.54. The van der Waals surface area contributed by atoms with Crippen molar-refractivity contribution in [3.05, 3.63) is 58.1 Å². The third-order valence-corrected chi connectivity index (χ3v) is 3.32. The highest BCUT2D eigenvalue weighted by molar-refractivity contribution is 9.10. The molecule has 2 rings (SSSR count). The quantitative estimate of drug-likeness (QED) is 0.816. The number of aryl methyl sites for hydroxylation is 1. The Labute approximate surface area is 129 Å². The van der Waals surface area contributed by atoms with Crippen LogP contribution in [0.1, 0.15) is 25.0 Å². The van der Waals surface area contributed by atoms with E-state index >= 15 is 0 Å². The summed E-state index contributed by atoms with van der Waals surface area (Å²) in [6, 6.07) is 14.5. The number of hydrogen-bond donors (Lipinski definition) is 1. The molecule has 0 aromatic heterocycles. The Bertz CT molecular complexity index is 561. The lowest BCUT2D eigenvalue weighted by atomic mass is 10.1. The topological polar surface area (TPSA) is 21.3 Å². The van der Waals surface area contributed by atoms with Crippen molar-refractivity contribution in [3.63, 3.8) is 0 Å². The smallest absolute Gasteiger partial charge is 0.124 e. The molecule has 2 nitrogen and oxygen atoms in total. The molecule has 0 radical (unpaired) electrons. The minimum absolute atomic E-state index is 0.185. The van der Waals surface area contributed by atoms with Gasteiger partial charge in [0, 0.05) is 22.3 Å². The molecule has 0 aliphatic rings. The molecule has 0 amide bonds. The van der Waals surface area contributed by atoms with Crippen LogP contribution in [-0.4, -0.2) is 6.10 Å². The van der Waals surface area contributed by atoms with Crippen LogP contribution in [-0.2, 0) is 6.54 Å². The number of ether oxygens (including phenoxy) is 1. The molecular formula is C17H20BrNO. The second kappa shape index (κ2) is 6.80. The molecule has 0 aliphatic carbocycles. The third kappa shape index (κ3) is 4.27. The van der Waals surface area contributed by atoms with Crippen LogP contribution in [0.25, 0.3) is 0 Å². The van der Waals surface area contributed by atoms with E-state index in [-0.39, 0.29) is 6.10 Å². The SMILES string of the molecule is Cc1cc(Br)cc(NCc2ccccc2OC(C)C)c1. The predicted molar refractivity (Wildman–Crippen MR) is 88.4 cm³/mol. The highest BCUT2D eigenvalue weighted by atomic mass is 79.9. The number of para-hydroxylation sites is 1. The first-order valence-electron chi connectivity index (χ1n) is 6.80. The van der Waals surface area contributed by atoms with E-state index in [9.17, 15) is 0 Å². The fourth-order valence-corrected chi connectivity index (χ4v) is 2.66. The Kier molecular flexibility index (Phi) is 5.07. The van der Waals surface area contributed by atoms with Crippen molar-refractivity contribution < 1.29 is 4.74 Å². The Morgan fingerprint density at radius 1 is 1.15 bits per heavy atom. The molecule has 0 heterocycles. The van der Waals surface area contributed by atoms with E-state index < -0.39 is 0 Å². The van der Waals surface area contributed by atoms with Gasteiger partial charge in [-0.15, -0.1) is 0 Å². The van der Waals surface area contributed by atoms with Crippen LogP contribution >= 0.6 is 15.9 Å². The predicted octanol–water partition coefficient (Wildman–Crippen LogP) is 5.16. The first kappa shape index (κ1) is 14.9. The van der Waals surface area contributed by atoms with Crippen molar-refractivity contribution in [1.29, 1.82) is 0 Å². The molecular weight excluding hydrogens is 314 g/mol. The molecule has 0 saturated carbocycles. The maximum Gasteiger partial charge on any atom is 0.124 e. The van der Waals surface area contributed by atoms with Gasteiger partial charge in [-0.05, 0) is 50.6 Å². The molecule has 106 valence electrons. The summed E-state index contributed by atoms with van der Waals surface area (Å²) >= 11 is 3.52. The minimum atomic E-state index is 0.185. The number of benzene rings is 2. The molecule has 0 saturated heterocycles. The second-order valence-electron chi connectivity index (χ2n) is 5.15. The van der Waals surface area contributed by atoms with Crippen LogP contribution < -0.4 is 10.1 Å². The molecule has 2 aromatic rings. The Hall–Kier alpha value is -1.48. The normalized spacial score (nSPS) is 10.7. The lowest BCUT2D eigenvalue weighted by Gasteiger charge is -2.15. The third-order valence-electron chi connectivity index (χ3n) is 2.86. The number of anilines is 1. The van der Waals surface area contributed by atoms with Crippen molar-refractivity contribution in [1.82, 2.24) is 0 Å². The van der Waals surface area contributed by atoms with Crippen LogP contribution in [0.2, 0.25) is 0 Å². The van der Waals surface area contributed by atoms with E-state index in [0.717, 1.165) is 22.5 Å². The van der Waals surface area contributed by atoms with Crippen LogP contribution in [0.5, 0.6) is 5.75 Å². The van der Waals surface area contributed by atoms with Gasteiger partial charge in [0.2, 0.25) is 0 Å². The number of halogens is 1.